The third-order valence-electron chi connectivity index (χ3n) is 3.16. The molecule has 0 saturated carbocycles. The van der Waals surface area contributed by atoms with Crippen LogP contribution in [-0.4, -0.2) is 19.5 Å². The maximum atomic E-state index is 7.69. The van der Waals surface area contributed by atoms with Crippen molar-refractivity contribution < 1.29 is 0 Å². The first-order chi connectivity index (χ1) is 9.34. The average molecular weight is 290 g/mol. The van der Waals surface area contributed by atoms with Crippen molar-refractivity contribution in [2.75, 3.05) is 0 Å². The summed E-state index contributed by atoms with van der Waals surface area (Å²) in [4.78, 5) is 11.3. The Morgan fingerprint density at radius 2 is 1.95 bits per heavy atom. The topological polar surface area (TPSA) is 70.3 Å². The number of imidazole rings is 1. The van der Waals surface area contributed by atoms with Gasteiger partial charge in [-0.1, -0.05) is 30.3 Å². The van der Waals surface area contributed by atoms with Gasteiger partial charge in [-0.3, -0.25) is 5.41 Å². The van der Waals surface area contributed by atoms with Crippen LogP contribution in [0.3, 0.4) is 0 Å². The monoisotopic (exact) mass is 289 g/mol. The minimum Gasteiger partial charge on any atom is -0.340 e. The smallest absolute Gasteiger partial charge is 0.173 e. The molecule has 0 fully saturated rings. The summed E-state index contributed by atoms with van der Waals surface area (Å²) in [5.41, 5.74) is 3.08. The molecule has 20 heavy (non-hydrogen) atoms. The van der Waals surface area contributed by atoms with E-state index in [9.17, 15) is 0 Å². The number of nitrogens with zero attached hydrogens (tertiary/aromatic N) is 3. The van der Waals surface area contributed by atoms with Gasteiger partial charge >= 0.3 is 0 Å². The third-order valence-corrected chi connectivity index (χ3v) is 3.16. The predicted octanol–water partition coefficient (Wildman–Crippen LogP) is 2.29. The molecule has 2 heterocycles. The second-order valence-electron chi connectivity index (χ2n) is 4.48. The quantitative estimate of drug-likeness (QED) is 0.773. The highest BCUT2D eigenvalue weighted by atomic mass is 35.5. The lowest BCUT2D eigenvalue weighted by Gasteiger charge is -2.06. The molecule has 0 saturated heterocycles. The van der Waals surface area contributed by atoms with E-state index in [2.05, 4.69) is 39.2 Å². The van der Waals surface area contributed by atoms with Gasteiger partial charge in [0.25, 0.3) is 0 Å². The number of rotatable bonds is 4. The van der Waals surface area contributed by atoms with Crippen LogP contribution in [0.25, 0.3) is 11.2 Å². The molecule has 5 nitrogen and oxygen atoms in total. The van der Waals surface area contributed by atoms with Gasteiger partial charge in [0, 0.05) is 6.54 Å². The predicted molar refractivity (Wildman–Crippen MR) is 79.7 cm³/mol. The summed E-state index contributed by atoms with van der Waals surface area (Å²) in [6.07, 6.45) is 5.35. The van der Waals surface area contributed by atoms with Gasteiger partial charge in [0.05, 0.1) is 12.7 Å². The molecule has 0 radical (unpaired) electrons. The number of halogens is 1. The van der Waals surface area contributed by atoms with Crippen LogP contribution in [-0.2, 0) is 13.0 Å². The van der Waals surface area contributed by atoms with Crippen molar-refractivity contribution in [3.63, 3.8) is 0 Å². The number of H-pyrrole nitrogens is 1. The highest BCUT2D eigenvalue weighted by molar-refractivity contribution is 5.85. The van der Waals surface area contributed by atoms with Crippen molar-refractivity contribution in [1.29, 1.82) is 5.41 Å². The molecule has 0 aliphatic rings. The Labute approximate surface area is 122 Å². The summed E-state index contributed by atoms with van der Waals surface area (Å²) < 4.78 is 1.99. The van der Waals surface area contributed by atoms with Gasteiger partial charge < -0.3 is 9.55 Å². The Bertz CT molecular complexity index is 732. The minimum atomic E-state index is 0. The molecule has 0 aliphatic carbocycles. The molecule has 6 heteroatoms. The second kappa shape index (κ2) is 6.34. The fourth-order valence-electron chi connectivity index (χ4n) is 2.19. The Morgan fingerprint density at radius 1 is 1.15 bits per heavy atom. The fourth-order valence-corrected chi connectivity index (χ4v) is 2.19. The summed E-state index contributed by atoms with van der Waals surface area (Å²) in [6.45, 7) is 0.851. The first-order valence-corrected chi connectivity index (χ1v) is 6.31. The number of aromatic nitrogens is 4. The van der Waals surface area contributed by atoms with Crippen molar-refractivity contribution in [2.45, 2.75) is 19.4 Å². The van der Waals surface area contributed by atoms with E-state index in [1.807, 2.05) is 10.6 Å². The molecule has 0 bridgehead atoms. The van der Waals surface area contributed by atoms with Gasteiger partial charge in [-0.25, -0.2) is 9.97 Å². The first-order valence-electron chi connectivity index (χ1n) is 6.31. The van der Waals surface area contributed by atoms with Crippen LogP contribution in [0.4, 0.5) is 0 Å². The van der Waals surface area contributed by atoms with E-state index in [1.165, 1.54) is 5.56 Å². The molecule has 0 spiro atoms. The van der Waals surface area contributed by atoms with Crippen LogP contribution < -0.4 is 5.49 Å². The number of hydrogen-bond acceptors (Lipinski definition) is 3. The van der Waals surface area contributed by atoms with Gasteiger partial charge in [-0.2, -0.15) is 0 Å². The zero-order valence-electron chi connectivity index (χ0n) is 10.9. The van der Waals surface area contributed by atoms with Crippen molar-refractivity contribution in [1.82, 2.24) is 19.5 Å². The van der Waals surface area contributed by atoms with E-state index in [0.29, 0.717) is 5.52 Å². The van der Waals surface area contributed by atoms with E-state index in [4.69, 9.17) is 5.41 Å². The Kier molecular flexibility index (Phi) is 4.53. The standard InChI is InChI=1S/C14H15N5.ClH/c15-13-12-14(17-9-16-12)19(10-18-13)8-4-7-11-5-2-1-3-6-11;/h1-3,5-6,9-10,15H,4,7-8H2,(H,16,17);1H. The maximum Gasteiger partial charge on any atom is 0.173 e. The van der Waals surface area contributed by atoms with E-state index in [1.54, 1.807) is 12.7 Å². The van der Waals surface area contributed by atoms with Gasteiger partial charge in [-0.15, -0.1) is 12.4 Å². The second-order valence-corrected chi connectivity index (χ2v) is 4.48. The molecule has 2 N–H and O–H groups in total. The normalized spacial score (nSPS) is 10.4. The first kappa shape index (κ1) is 14.3. The largest absolute Gasteiger partial charge is 0.340 e. The maximum absolute atomic E-state index is 7.69. The Hall–Kier alpha value is -2.14. The summed E-state index contributed by atoms with van der Waals surface area (Å²) in [5.74, 6) is 0. The molecule has 0 amide bonds. The van der Waals surface area contributed by atoms with Gasteiger partial charge in [0.15, 0.2) is 11.1 Å². The van der Waals surface area contributed by atoms with Crippen molar-refractivity contribution in [2.24, 2.45) is 0 Å². The van der Waals surface area contributed by atoms with E-state index in [0.717, 1.165) is 25.0 Å². The zero-order chi connectivity index (χ0) is 13.1. The van der Waals surface area contributed by atoms with Gasteiger partial charge in [-0.05, 0) is 18.4 Å². The van der Waals surface area contributed by atoms with Crippen LogP contribution in [0.2, 0.25) is 0 Å². The summed E-state index contributed by atoms with van der Waals surface area (Å²) in [7, 11) is 0. The number of aryl methyl sites for hydroxylation is 2. The molecule has 2 aromatic heterocycles. The summed E-state index contributed by atoms with van der Waals surface area (Å²) in [5, 5.41) is 7.69. The van der Waals surface area contributed by atoms with Crippen LogP contribution in [0, 0.1) is 5.41 Å². The summed E-state index contributed by atoms with van der Waals surface area (Å²) >= 11 is 0. The molecule has 3 rings (SSSR count). The van der Waals surface area contributed by atoms with Crippen LogP contribution in [0.1, 0.15) is 12.0 Å². The van der Waals surface area contributed by atoms with Crippen LogP contribution in [0.5, 0.6) is 0 Å². The van der Waals surface area contributed by atoms with E-state index >= 15 is 0 Å². The Morgan fingerprint density at radius 3 is 2.75 bits per heavy atom. The van der Waals surface area contributed by atoms with Crippen molar-refractivity contribution in [3.8, 4) is 0 Å². The van der Waals surface area contributed by atoms with Gasteiger partial charge in [0.2, 0.25) is 0 Å². The lowest BCUT2D eigenvalue weighted by Crippen LogP contribution is -2.13. The number of aromatic amines is 1. The number of nitrogens with one attached hydrogen (secondary N) is 2. The molecular formula is C14H16ClN5. The molecule has 0 unspecified atom stereocenters. The lowest BCUT2D eigenvalue weighted by atomic mass is 10.1. The zero-order valence-corrected chi connectivity index (χ0v) is 11.7. The summed E-state index contributed by atoms with van der Waals surface area (Å²) in [6, 6.07) is 10.4. The number of benzene rings is 1. The molecular weight excluding hydrogens is 274 g/mol. The average Bonchev–Trinajstić information content (AvgIpc) is 2.93. The number of fused-ring (bicyclic) bond motifs is 1. The fraction of sp³-hybridized carbons (Fsp3) is 0.214. The van der Waals surface area contributed by atoms with Crippen LogP contribution in [0.15, 0.2) is 43.0 Å². The molecule has 3 aromatic rings. The molecule has 1 aromatic carbocycles. The lowest BCUT2D eigenvalue weighted by molar-refractivity contribution is 0.641. The molecule has 104 valence electrons. The number of hydrogen-bond donors (Lipinski definition) is 2. The van der Waals surface area contributed by atoms with Gasteiger partial charge in [0.1, 0.15) is 5.52 Å². The third kappa shape index (κ3) is 2.88. The van der Waals surface area contributed by atoms with E-state index in [-0.39, 0.29) is 17.9 Å². The molecule has 0 aliphatic heterocycles. The van der Waals surface area contributed by atoms with E-state index < -0.39 is 0 Å². The highest BCUT2D eigenvalue weighted by Crippen LogP contribution is 2.07. The Balaban J connectivity index is 0.00000147. The van der Waals surface area contributed by atoms with Crippen LogP contribution >= 0.6 is 12.4 Å². The highest BCUT2D eigenvalue weighted by Gasteiger charge is 2.03. The van der Waals surface area contributed by atoms with Crippen molar-refractivity contribution in [3.05, 3.63) is 54.0 Å². The minimum absolute atomic E-state index is 0. The molecule has 0 atom stereocenters. The van der Waals surface area contributed by atoms with Crippen molar-refractivity contribution >= 4 is 23.6 Å². The SMILES string of the molecule is Cl.N=c1ncn(CCCc2ccccc2)c2nc[nH]c12.